The van der Waals surface area contributed by atoms with E-state index in [0.29, 0.717) is 24.0 Å². The highest BCUT2D eigenvalue weighted by Crippen LogP contribution is 2.42. The van der Waals surface area contributed by atoms with Crippen LogP contribution in [-0.2, 0) is 12.0 Å². The average molecular weight is 471 g/mol. The number of anilines is 3. The standard InChI is InChI=1S/C28H34N6O/c1-28(2)19-34(18-22-6-5-15-33(22)3)25-16-21(8-9-24(25)28)32-27(35)23-7-4-12-30-26(23)31-17-20-10-13-29-14-11-20/h4,7-14,16,22H,5-6,15,17-19H2,1-3H3,(H,30,31)(H,32,35). The molecule has 2 aliphatic heterocycles. The first kappa shape index (κ1) is 23.3. The van der Waals surface area contributed by atoms with Crippen LogP contribution in [0.1, 0.15) is 48.2 Å². The Kier molecular flexibility index (Phi) is 6.43. The molecule has 7 nitrogen and oxygen atoms in total. The van der Waals surface area contributed by atoms with Gasteiger partial charge in [-0.1, -0.05) is 19.9 Å². The average Bonchev–Trinajstić information content (AvgIpc) is 3.37. The van der Waals surface area contributed by atoms with Gasteiger partial charge < -0.3 is 20.4 Å². The lowest BCUT2D eigenvalue weighted by Crippen LogP contribution is -2.39. The van der Waals surface area contributed by atoms with E-state index in [4.69, 9.17) is 0 Å². The number of likely N-dealkylation sites (tertiary alicyclic amines) is 1. The van der Waals surface area contributed by atoms with Gasteiger partial charge in [0.2, 0.25) is 0 Å². The molecule has 0 radical (unpaired) electrons. The van der Waals surface area contributed by atoms with Crippen molar-refractivity contribution in [2.24, 2.45) is 0 Å². The van der Waals surface area contributed by atoms with E-state index >= 15 is 0 Å². The van der Waals surface area contributed by atoms with Crippen molar-refractivity contribution < 1.29 is 4.79 Å². The largest absolute Gasteiger partial charge is 0.369 e. The molecule has 1 saturated heterocycles. The van der Waals surface area contributed by atoms with Crippen LogP contribution in [0.2, 0.25) is 0 Å². The monoisotopic (exact) mass is 470 g/mol. The summed E-state index contributed by atoms with van der Waals surface area (Å²) in [6.07, 6.45) is 7.72. The van der Waals surface area contributed by atoms with Gasteiger partial charge >= 0.3 is 0 Å². The van der Waals surface area contributed by atoms with Gasteiger partial charge in [-0.2, -0.15) is 0 Å². The molecule has 4 heterocycles. The molecule has 2 aliphatic rings. The van der Waals surface area contributed by atoms with Crippen LogP contribution in [0.25, 0.3) is 0 Å². The number of carbonyl (C=O) groups is 1. The number of aromatic nitrogens is 2. The van der Waals surface area contributed by atoms with Crippen LogP contribution < -0.4 is 15.5 Å². The number of pyridine rings is 2. The first-order valence-electron chi connectivity index (χ1n) is 12.4. The fourth-order valence-corrected chi connectivity index (χ4v) is 5.33. The minimum absolute atomic E-state index is 0.0858. The summed E-state index contributed by atoms with van der Waals surface area (Å²) in [6.45, 7) is 8.37. The molecule has 1 atom stereocenters. The topological polar surface area (TPSA) is 73.4 Å². The lowest BCUT2D eigenvalue weighted by atomic mass is 9.87. The highest BCUT2D eigenvalue weighted by molar-refractivity contribution is 6.07. The number of benzene rings is 1. The van der Waals surface area contributed by atoms with Gasteiger partial charge in [-0.3, -0.25) is 9.78 Å². The lowest BCUT2D eigenvalue weighted by molar-refractivity contribution is 0.102. The number of hydrogen-bond donors (Lipinski definition) is 2. The van der Waals surface area contributed by atoms with Crippen LogP contribution in [0.5, 0.6) is 0 Å². The van der Waals surface area contributed by atoms with Crippen LogP contribution in [0.15, 0.2) is 61.1 Å². The van der Waals surface area contributed by atoms with Gasteiger partial charge in [0.1, 0.15) is 5.82 Å². The Morgan fingerprint density at radius 2 is 1.97 bits per heavy atom. The normalized spacial score (nSPS) is 18.9. The maximum atomic E-state index is 13.3. The number of amides is 1. The lowest BCUT2D eigenvalue weighted by Gasteiger charge is -2.29. The molecule has 2 aromatic heterocycles. The van der Waals surface area contributed by atoms with Crippen molar-refractivity contribution in [1.29, 1.82) is 0 Å². The Bertz CT molecular complexity index is 1200. The minimum Gasteiger partial charge on any atom is -0.369 e. The van der Waals surface area contributed by atoms with Gasteiger partial charge in [-0.05, 0) is 74.0 Å². The second-order valence-electron chi connectivity index (χ2n) is 10.3. The molecule has 0 spiro atoms. The molecule has 2 N–H and O–H groups in total. The van der Waals surface area contributed by atoms with Crippen molar-refractivity contribution in [2.45, 2.75) is 44.7 Å². The summed E-state index contributed by atoms with van der Waals surface area (Å²) in [5.74, 6) is 0.393. The Hall–Kier alpha value is -3.45. The van der Waals surface area contributed by atoms with Crippen LogP contribution in [-0.4, -0.2) is 53.5 Å². The zero-order valence-corrected chi connectivity index (χ0v) is 20.8. The summed E-state index contributed by atoms with van der Waals surface area (Å²) in [6, 6.07) is 14.4. The molecular weight excluding hydrogens is 436 g/mol. The number of nitrogens with one attached hydrogen (secondary N) is 2. The van der Waals surface area contributed by atoms with Crippen molar-refractivity contribution in [1.82, 2.24) is 14.9 Å². The number of rotatable bonds is 7. The van der Waals surface area contributed by atoms with Crippen molar-refractivity contribution in [3.63, 3.8) is 0 Å². The third-order valence-electron chi connectivity index (χ3n) is 7.28. The number of hydrogen-bond acceptors (Lipinski definition) is 6. The molecule has 182 valence electrons. The number of likely N-dealkylation sites (N-methyl/N-ethyl adjacent to an activating group) is 1. The quantitative estimate of drug-likeness (QED) is 0.529. The van der Waals surface area contributed by atoms with Gasteiger partial charge in [0.15, 0.2) is 0 Å². The smallest absolute Gasteiger partial charge is 0.259 e. The van der Waals surface area contributed by atoms with E-state index < -0.39 is 0 Å². The molecule has 5 rings (SSSR count). The summed E-state index contributed by atoms with van der Waals surface area (Å²) in [7, 11) is 2.23. The molecule has 0 aliphatic carbocycles. The van der Waals surface area contributed by atoms with Gasteiger partial charge in [-0.25, -0.2) is 4.98 Å². The zero-order chi connectivity index (χ0) is 24.4. The maximum Gasteiger partial charge on any atom is 0.259 e. The first-order chi connectivity index (χ1) is 16.9. The summed E-state index contributed by atoms with van der Waals surface area (Å²) < 4.78 is 0. The van der Waals surface area contributed by atoms with Crippen LogP contribution in [0.4, 0.5) is 17.2 Å². The second-order valence-corrected chi connectivity index (χ2v) is 10.3. The third-order valence-corrected chi connectivity index (χ3v) is 7.28. The van der Waals surface area contributed by atoms with Crippen molar-refractivity contribution >= 4 is 23.1 Å². The van der Waals surface area contributed by atoms with Gasteiger partial charge in [0.25, 0.3) is 5.91 Å². The van der Waals surface area contributed by atoms with E-state index in [9.17, 15) is 4.79 Å². The first-order valence-corrected chi connectivity index (χ1v) is 12.4. The van der Waals surface area contributed by atoms with Crippen LogP contribution >= 0.6 is 0 Å². The molecule has 1 fully saturated rings. The van der Waals surface area contributed by atoms with Gasteiger partial charge in [0.05, 0.1) is 5.56 Å². The van der Waals surface area contributed by atoms with Crippen molar-refractivity contribution in [3.8, 4) is 0 Å². The summed E-state index contributed by atoms with van der Waals surface area (Å²) in [5, 5.41) is 6.40. The predicted octanol–water partition coefficient (Wildman–Crippen LogP) is 4.53. The number of carbonyl (C=O) groups excluding carboxylic acids is 1. The molecule has 1 amide bonds. The summed E-state index contributed by atoms with van der Waals surface area (Å²) in [5.41, 5.74) is 5.06. The van der Waals surface area contributed by atoms with E-state index in [2.05, 4.69) is 63.4 Å². The second kappa shape index (κ2) is 9.66. The number of fused-ring (bicyclic) bond motifs is 1. The minimum atomic E-state index is -0.172. The Labute approximate surface area is 207 Å². The molecule has 1 aromatic carbocycles. The SMILES string of the molecule is CN1CCCC1CN1CC(C)(C)c2ccc(NC(=O)c3cccnc3NCc3ccncc3)cc21. The summed E-state index contributed by atoms with van der Waals surface area (Å²) in [4.78, 5) is 26.7. The molecule has 35 heavy (non-hydrogen) atoms. The Balaban J connectivity index is 1.33. The molecule has 7 heteroatoms. The van der Waals surface area contributed by atoms with E-state index in [-0.39, 0.29) is 11.3 Å². The Morgan fingerprint density at radius 1 is 1.14 bits per heavy atom. The van der Waals surface area contributed by atoms with E-state index in [1.165, 1.54) is 30.6 Å². The number of nitrogens with zero attached hydrogens (tertiary/aromatic N) is 4. The molecule has 0 saturated carbocycles. The molecule has 1 unspecified atom stereocenters. The van der Waals surface area contributed by atoms with Gasteiger partial charge in [0, 0.05) is 61.1 Å². The molecular formula is C28H34N6O. The maximum absolute atomic E-state index is 13.3. The van der Waals surface area contributed by atoms with E-state index in [1.807, 2.05) is 18.2 Å². The van der Waals surface area contributed by atoms with Crippen molar-refractivity contribution in [3.05, 3.63) is 77.7 Å². The Morgan fingerprint density at radius 3 is 2.74 bits per heavy atom. The fraction of sp³-hybridized carbons (Fsp3) is 0.393. The van der Waals surface area contributed by atoms with E-state index in [0.717, 1.165) is 24.3 Å². The van der Waals surface area contributed by atoms with Crippen LogP contribution in [0.3, 0.4) is 0 Å². The highest BCUT2D eigenvalue weighted by atomic mass is 16.1. The zero-order valence-electron chi connectivity index (χ0n) is 20.8. The van der Waals surface area contributed by atoms with Crippen molar-refractivity contribution in [2.75, 3.05) is 42.2 Å². The third kappa shape index (κ3) is 5.00. The van der Waals surface area contributed by atoms with Crippen LogP contribution in [0, 0.1) is 0 Å². The van der Waals surface area contributed by atoms with E-state index in [1.54, 1.807) is 30.7 Å². The molecule has 3 aromatic rings. The fourth-order valence-electron chi connectivity index (χ4n) is 5.33. The molecule has 0 bridgehead atoms. The highest BCUT2D eigenvalue weighted by Gasteiger charge is 2.37. The predicted molar refractivity (Wildman–Crippen MR) is 141 cm³/mol. The van der Waals surface area contributed by atoms with Gasteiger partial charge in [-0.15, -0.1) is 0 Å². The summed E-state index contributed by atoms with van der Waals surface area (Å²) >= 11 is 0.